The molecule has 4 unspecified atom stereocenters. The van der Waals surface area contributed by atoms with Gasteiger partial charge in [0.25, 0.3) is 10.0 Å². The minimum atomic E-state index is -4.18. The van der Waals surface area contributed by atoms with E-state index < -0.39 is 104 Å². The summed E-state index contributed by atoms with van der Waals surface area (Å²) in [7, 11) is -15.9. The third-order valence-corrected chi connectivity index (χ3v) is 27.8. The van der Waals surface area contributed by atoms with Gasteiger partial charge in [-0.1, -0.05) is 77.0 Å². The number of hydrogen-bond acceptors (Lipinski definition) is 30. The SMILES string of the molecule is NS(=O)(=O)c1ccc(Nc2ncc3cc4n(c3n2)C2(CCCCC2)C(=O)NC4O)c(F)c1.NS(=O)(=O)c1ccc(Nc2ncc3cc4n(c3n2)C2(CCCCC2)C(=O)NC4O)cc1F.NS(=O)(=O)c1ccc(Nc2ncc3cc4n(c3n2)C2(CCCCC2)C(=O)NC4O)cn1.NS(=O)(=O)c1ccc(Nc2ncc3cc4n(c3n2)C2(CCCCC2)C(=O)NC4O)nc1. The van der Waals surface area contributed by atoms with Gasteiger partial charge in [-0.25, -0.2) is 92.9 Å². The molecule has 126 heavy (non-hydrogen) atoms. The monoisotopic (exact) mass is 1810 g/mol. The summed E-state index contributed by atoms with van der Waals surface area (Å²) in [6, 6.07) is 19.3. The molecule has 42 nitrogen and oxygen atoms in total. The molecule has 12 aromatic rings. The van der Waals surface area contributed by atoms with Crippen molar-refractivity contribution in [2.75, 3.05) is 21.3 Å². The summed E-state index contributed by atoms with van der Waals surface area (Å²) in [5.74, 6) is -1.69. The van der Waals surface area contributed by atoms with Crippen molar-refractivity contribution in [2.45, 2.75) is 195 Å². The number of pyridine rings is 2. The number of nitrogens with one attached hydrogen (secondary N) is 8. The molecule has 20 rings (SSSR count). The predicted molar refractivity (Wildman–Crippen MR) is 447 cm³/mol. The number of carbonyl (C=O) groups excluding carboxylic acids is 4. The number of amides is 4. The van der Waals surface area contributed by atoms with Crippen molar-refractivity contribution in [3.63, 3.8) is 0 Å². The van der Waals surface area contributed by atoms with Gasteiger partial charge in [0.15, 0.2) is 29.9 Å². The van der Waals surface area contributed by atoms with Crippen LogP contribution in [0.3, 0.4) is 0 Å². The molecular formula is C78H84F2N26O16S4. The zero-order chi connectivity index (χ0) is 89.0. The number of aliphatic hydroxyl groups excluding tert-OH is 4. The lowest BCUT2D eigenvalue weighted by molar-refractivity contribution is -0.139. The third kappa shape index (κ3) is 15.8. The molecule has 14 heterocycles. The minimum Gasteiger partial charge on any atom is -0.368 e. The first-order chi connectivity index (χ1) is 59.9. The van der Waals surface area contributed by atoms with Crippen LogP contribution in [0.1, 0.15) is 176 Å². The van der Waals surface area contributed by atoms with Crippen LogP contribution in [-0.4, -0.2) is 146 Å². The quantitative estimate of drug-likeness (QED) is 0.0720. The van der Waals surface area contributed by atoms with Gasteiger partial charge in [-0.3, -0.25) is 19.2 Å². The van der Waals surface area contributed by atoms with Crippen LogP contribution >= 0.6 is 0 Å². The van der Waals surface area contributed by atoms with E-state index in [1.165, 1.54) is 54.9 Å². The van der Waals surface area contributed by atoms with Crippen molar-refractivity contribution >= 4 is 155 Å². The number of benzene rings is 2. The second kappa shape index (κ2) is 32.6. The highest BCUT2D eigenvalue weighted by atomic mass is 32.2. The van der Waals surface area contributed by atoms with Gasteiger partial charge in [0.05, 0.1) is 45.2 Å². The summed E-state index contributed by atoms with van der Waals surface area (Å²) in [6.45, 7) is 0. The van der Waals surface area contributed by atoms with Crippen LogP contribution in [0.5, 0.6) is 0 Å². The van der Waals surface area contributed by atoms with Crippen LogP contribution in [0.2, 0.25) is 0 Å². The fourth-order valence-electron chi connectivity index (χ4n) is 18.3. The summed E-state index contributed by atoms with van der Waals surface area (Å²) in [4.78, 5) is 93.9. The Morgan fingerprint density at radius 2 is 0.698 bits per heavy atom. The average Bonchev–Trinajstić information content (AvgIpc) is 1.55. The lowest BCUT2D eigenvalue weighted by atomic mass is 9.79. The fourth-order valence-corrected chi connectivity index (χ4v) is 20.3. The highest BCUT2D eigenvalue weighted by Gasteiger charge is 2.53. The molecular weight excluding hydrogens is 1720 g/mol. The Hall–Kier alpha value is -12.4. The van der Waals surface area contributed by atoms with Crippen LogP contribution in [0, 0.1) is 11.6 Å². The molecule has 4 saturated carbocycles. The number of aromatic nitrogens is 14. The van der Waals surface area contributed by atoms with Gasteiger partial charge in [0.2, 0.25) is 77.5 Å². The lowest BCUT2D eigenvalue weighted by Crippen LogP contribution is -2.55. The average molecular weight is 1810 g/mol. The number of anilines is 8. The fraction of sp³-hybridized carbons (Fsp3) is 0.359. The first kappa shape index (κ1) is 85.8. The van der Waals surface area contributed by atoms with E-state index in [9.17, 15) is 82.1 Å². The smallest absolute Gasteiger partial charge is 0.255 e. The number of fused-ring (bicyclic) bond motifs is 16. The highest BCUT2D eigenvalue weighted by molar-refractivity contribution is 7.90. The number of nitrogens with zero attached hydrogens (tertiary/aromatic N) is 14. The van der Waals surface area contributed by atoms with E-state index in [1.54, 1.807) is 47.4 Å². The summed E-state index contributed by atoms with van der Waals surface area (Å²) in [5, 5.41) is 86.7. The zero-order valence-corrected chi connectivity index (χ0v) is 69.9. The van der Waals surface area contributed by atoms with Gasteiger partial charge in [0.1, 0.15) is 72.0 Å². The molecule has 2 aromatic carbocycles. The Morgan fingerprint density at radius 3 is 1.02 bits per heavy atom. The molecule has 8 aliphatic rings. The third-order valence-electron chi connectivity index (χ3n) is 24.2. The number of halogens is 2. The lowest BCUT2D eigenvalue weighted by Gasteiger charge is -2.43. The largest absolute Gasteiger partial charge is 0.368 e. The van der Waals surface area contributed by atoms with Crippen LogP contribution in [0.25, 0.3) is 44.1 Å². The molecule has 4 aliphatic heterocycles. The normalized spacial score (nSPS) is 20.3. The van der Waals surface area contributed by atoms with E-state index in [0.717, 1.165) is 101 Å². The van der Waals surface area contributed by atoms with Gasteiger partial charge < -0.3 is 81.2 Å². The first-order valence-electron chi connectivity index (χ1n) is 40.2. The maximum atomic E-state index is 14.5. The Kier molecular flexibility index (Phi) is 22.2. The molecule has 660 valence electrons. The topological polar surface area (TPSA) is 635 Å². The van der Waals surface area contributed by atoms with Gasteiger partial charge in [0, 0.05) is 58.2 Å². The van der Waals surface area contributed by atoms with Crippen molar-refractivity contribution in [2.24, 2.45) is 20.6 Å². The molecule has 0 bridgehead atoms. The van der Waals surface area contributed by atoms with Crippen LogP contribution in [0.4, 0.5) is 55.5 Å². The molecule has 4 atom stereocenters. The Labute approximate surface area is 715 Å². The molecule has 20 N–H and O–H groups in total. The highest BCUT2D eigenvalue weighted by Crippen LogP contribution is 2.48. The van der Waals surface area contributed by atoms with E-state index in [-0.39, 0.29) is 73.6 Å². The van der Waals surface area contributed by atoms with Crippen LogP contribution in [-0.2, 0) is 81.4 Å². The molecule has 48 heteroatoms. The molecule has 10 aromatic heterocycles. The van der Waals surface area contributed by atoms with Crippen molar-refractivity contribution < 1.29 is 82.1 Å². The van der Waals surface area contributed by atoms with E-state index in [2.05, 4.69) is 92.4 Å². The Morgan fingerprint density at radius 1 is 0.349 bits per heavy atom. The molecule has 0 saturated heterocycles. The van der Waals surface area contributed by atoms with Gasteiger partial charge in [-0.2, -0.15) is 19.9 Å². The van der Waals surface area contributed by atoms with E-state index in [4.69, 9.17) is 20.6 Å². The standard InChI is InChI=1S/2C20H21FN6O4S.2C19H21N7O4S/c21-13-9-12(4-5-15(13)32(22,30)31)24-19-23-10-11-8-14-17(28)26-18(29)20(6-2-1-3-7-20)27(14)16(11)25-19;21-13-9-12(32(22,30)31)4-5-14(13)24-19-23-10-11-8-15-17(28)26-18(29)20(6-2-1-3-7-20)27(15)16(11)25-19;20-31(29,30)12-4-5-14(21-10-12)23-18-22-9-11-8-13-16(27)25-17(28)19(6-2-1-3-7-19)26(13)15(11)24-18;20-31(29,30)14-5-4-12(10-21-14)23-18-22-9-11-8-13-16(27)25-17(28)19(6-2-1-3-7-19)26(13)15(11)24-18/h2*4-5,8-10,17,28H,1-3,6-7H2,(H,26,29)(H2,22,30,31)(H,23,24,25);4-5,8-10,16,27H,1-3,6-7H2,(H,25,28)(H2,20,29,30)(H,21,22,23,24);4-5,8-10,16,27H,1-3,6-7H2,(H,25,28)(H2,20,29,30)(H,22,23,24). The maximum absolute atomic E-state index is 14.5. The summed E-state index contributed by atoms with van der Waals surface area (Å²) >= 11 is 0. The van der Waals surface area contributed by atoms with Crippen LogP contribution < -0.4 is 63.1 Å². The zero-order valence-electron chi connectivity index (χ0n) is 66.6. The summed E-state index contributed by atoms with van der Waals surface area (Å²) < 4.78 is 127. The van der Waals surface area contributed by atoms with E-state index in [1.807, 2.05) is 13.7 Å². The molecule has 4 aliphatic carbocycles. The van der Waals surface area contributed by atoms with E-state index >= 15 is 0 Å². The Balaban J connectivity index is 0.000000119. The number of sulfonamides is 4. The van der Waals surface area contributed by atoms with Crippen molar-refractivity contribution in [3.05, 3.63) is 157 Å². The maximum Gasteiger partial charge on any atom is 0.255 e. The first-order valence-corrected chi connectivity index (χ1v) is 46.3. The second-order valence-corrected chi connectivity index (χ2v) is 38.3. The number of nitrogens with two attached hydrogens (primary N) is 4. The predicted octanol–water partition coefficient (Wildman–Crippen LogP) is 5.48. The van der Waals surface area contributed by atoms with Crippen molar-refractivity contribution in [1.82, 2.24) is 89.4 Å². The number of primary sulfonamides is 4. The molecule has 0 radical (unpaired) electrons. The van der Waals surface area contributed by atoms with Gasteiger partial charge in [-0.15, -0.1) is 0 Å². The van der Waals surface area contributed by atoms with E-state index in [0.29, 0.717) is 130 Å². The van der Waals surface area contributed by atoms with Gasteiger partial charge in [-0.05, 0) is 136 Å². The number of aliphatic hydroxyl groups is 4. The number of rotatable bonds is 12. The molecule has 4 fully saturated rings. The van der Waals surface area contributed by atoms with Gasteiger partial charge >= 0.3 is 0 Å². The summed E-state index contributed by atoms with van der Waals surface area (Å²) in [6.07, 6.45) is 20.8. The van der Waals surface area contributed by atoms with Crippen molar-refractivity contribution in [1.29, 1.82) is 0 Å². The minimum absolute atomic E-state index is 0.0349. The number of carbonyl (C=O) groups is 4. The number of hydrogen-bond donors (Lipinski definition) is 16. The Bertz CT molecular complexity index is 6700. The van der Waals surface area contributed by atoms with Crippen LogP contribution in [0.15, 0.2) is 142 Å². The molecule has 4 amide bonds. The molecule has 4 spiro atoms. The second-order valence-electron chi connectivity index (χ2n) is 32.1. The summed E-state index contributed by atoms with van der Waals surface area (Å²) in [5.41, 5.74) is 1.69. The van der Waals surface area contributed by atoms with Crippen molar-refractivity contribution in [3.8, 4) is 0 Å².